The molecule has 0 radical (unpaired) electrons. The number of benzene rings is 3. The minimum atomic E-state index is -1.97. The van der Waals surface area contributed by atoms with Crippen LogP contribution in [0.25, 0.3) is 0 Å². The van der Waals surface area contributed by atoms with E-state index >= 15 is 0 Å². The molecule has 3 aromatic rings. The molecule has 2 heteroatoms. The fourth-order valence-corrected chi connectivity index (χ4v) is 7.28. The average molecular weight is 347 g/mol. The fourth-order valence-electron chi connectivity index (χ4n) is 3.11. The molecule has 0 aliphatic carbocycles. The summed E-state index contributed by atoms with van der Waals surface area (Å²) in [6, 6.07) is 31.9. The summed E-state index contributed by atoms with van der Waals surface area (Å²) in [6.07, 6.45) is 0.527. The lowest BCUT2D eigenvalue weighted by Gasteiger charge is -2.34. The van der Waals surface area contributed by atoms with Gasteiger partial charge in [0.15, 0.2) is 0 Å². The topological polar surface area (TPSA) is 23.1 Å². The monoisotopic (exact) mass is 347 g/mol. The van der Waals surface area contributed by atoms with E-state index in [1.54, 1.807) is 13.8 Å². The second-order valence-electron chi connectivity index (χ2n) is 6.88. The maximum absolute atomic E-state index is 12.4. The Morgan fingerprint density at radius 3 is 1.28 bits per heavy atom. The van der Waals surface area contributed by atoms with Crippen LogP contribution in [-0.2, 0) is 0 Å². The number of hydrogen-bond acceptors (Lipinski definition) is 1. The molecule has 0 heterocycles. The molecule has 3 aromatic carbocycles. The molecule has 0 aliphatic rings. The van der Waals surface area contributed by atoms with Gasteiger partial charge in [-0.15, -0.1) is 5.60 Å². The first kappa shape index (κ1) is 17.7. The van der Waals surface area contributed by atoms with Gasteiger partial charge in [0.05, 0.1) is 0 Å². The fraction of sp³-hybridized carbons (Fsp3) is 0.174. The van der Waals surface area contributed by atoms with Crippen LogP contribution in [0.2, 0.25) is 0 Å². The van der Waals surface area contributed by atoms with Crippen molar-refractivity contribution in [2.45, 2.75) is 25.9 Å². The second-order valence-corrected chi connectivity index (χ2v) is 10.2. The standard InChI is InChI=1S/C23H24OP/c1-23(2,24)18-19-25(20-12-6-3-7-13-20,21-14-8-4-9-15-21)22-16-10-5-11-17-22/h3-17,19H,18H2,1-2H3/q-1. The Balaban J connectivity index is 2.36. The van der Waals surface area contributed by atoms with Crippen molar-refractivity contribution in [3.63, 3.8) is 0 Å². The molecule has 0 atom stereocenters. The van der Waals surface area contributed by atoms with Gasteiger partial charge < -0.3 is 5.11 Å². The van der Waals surface area contributed by atoms with Crippen LogP contribution in [0, 0.1) is 0 Å². The van der Waals surface area contributed by atoms with Crippen LogP contribution in [0.1, 0.15) is 20.3 Å². The summed E-state index contributed by atoms with van der Waals surface area (Å²) in [5, 5.41) is 16.3. The highest BCUT2D eigenvalue weighted by molar-refractivity contribution is 7.94. The van der Waals surface area contributed by atoms with E-state index in [2.05, 4.69) is 78.6 Å². The van der Waals surface area contributed by atoms with Gasteiger partial charge in [-0.2, -0.15) is 0 Å². The van der Waals surface area contributed by atoms with Gasteiger partial charge in [-0.3, -0.25) is 0 Å². The van der Waals surface area contributed by atoms with Crippen molar-refractivity contribution in [2.24, 2.45) is 0 Å². The lowest BCUT2D eigenvalue weighted by Crippen LogP contribution is -2.38. The normalized spacial score (nSPS) is 12.0. The zero-order valence-electron chi connectivity index (χ0n) is 14.8. The Morgan fingerprint density at radius 2 is 1.00 bits per heavy atom. The van der Waals surface area contributed by atoms with Crippen molar-refractivity contribution in [1.82, 2.24) is 0 Å². The molecular weight excluding hydrogens is 323 g/mol. The molecule has 0 N–H and O–H groups in total. The number of hydrogen-bond donors (Lipinski definition) is 0. The van der Waals surface area contributed by atoms with Gasteiger partial charge >= 0.3 is 0 Å². The zero-order valence-corrected chi connectivity index (χ0v) is 15.7. The predicted octanol–water partition coefficient (Wildman–Crippen LogP) is 3.31. The van der Waals surface area contributed by atoms with Crippen LogP contribution in [0.3, 0.4) is 0 Å². The van der Waals surface area contributed by atoms with Crippen LogP contribution in [-0.4, -0.2) is 11.4 Å². The predicted molar refractivity (Wildman–Crippen MR) is 110 cm³/mol. The van der Waals surface area contributed by atoms with Gasteiger partial charge in [-0.1, -0.05) is 111 Å². The Hall–Kier alpha value is -2.08. The Bertz CT molecular complexity index is 743. The van der Waals surface area contributed by atoms with E-state index in [4.69, 9.17) is 0 Å². The van der Waals surface area contributed by atoms with Crippen LogP contribution >= 0.6 is 6.89 Å². The van der Waals surface area contributed by atoms with E-state index < -0.39 is 12.5 Å². The third-order valence-corrected chi connectivity index (χ3v) is 8.42. The summed E-state index contributed by atoms with van der Waals surface area (Å²) in [5.41, 5.74) is -0.983. The molecule has 1 nitrogen and oxygen atoms in total. The molecule has 0 fully saturated rings. The van der Waals surface area contributed by atoms with E-state index in [9.17, 15) is 5.11 Å². The maximum atomic E-state index is 12.4. The smallest absolute Gasteiger partial charge is 0.0163 e. The molecule has 0 saturated carbocycles. The summed E-state index contributed by atoms with van der Waals surface area (Å²) in [5.74, 6) is 2.31. The summed E-state index contributed by atoms with van der Waals surface area (Å²) in [4.78, 5) is 0. The number of rotatable bonds is 5. The van der Waals surface area contributed by atoms with Crippen LogP contribution < -0.4 is 21.0 Å². The Kier molecular flexibility index (Phi) is 5.27. The van der Waals surface area contributed by atoms with Crippen molar-refractivity contribution in [1.29, 1.82) is 0 Å². The van der Waals surface area contributed by atoms with Crippen molar-refractivity contribution in [2.75, 3.05) is 0 Å². The first-order chi connectivity index (χ1) is 12.0. The second kappa shape index (κ2) is 7.44. The SMILES string of the molecule is CC(C)([O-])CC=P(c1ccccc1)(c1ccccc1)c1ccccc1. The quantitative estimate of drug-likeness (QED) is 0.650. The minimum absolute atomic E-state index is 0.527. The summed E-state index contributed by atoms with van der Waals surface area (Å²) < 4.78 is 0. The first-order valence-corrected chi connectivity index (χ1v) is 10.5. The van der Waals surface area contributed by atoms with Crippen molar-refractivity contribution >= 4 is 28.6 Å². The van der Waals surface area contributed by atoms with Gasteiger partial charge in [0, 0.05) is 0 Å². The third-order valence-electron chi connectivity index (χ3n) is 4.35. The van der Waals surface area contributed by atoms with E-state index in [0.29, 0.717) is 6.42 Å². The highest BCUT2D eigenvalue weighted by Gasteiger charge is 2.24. The van der Waals surface area contributed by atoms with Crippen molar-refractivity contribution in [3.05, 3.63) is 91.0 Å². The average Bonchev–Trinajstić information content (AvgIpc) is 2.64. The molecule has 0 aliphatic heterocycles. The summed E-state index contributed by atoms with van der Waals surface area (Å²) >= 11 is 0. The van der Waals surface area contributed by atoms with E-state index in [0.717, 1.165) is 0 Å². The zero-order chi connectivity index (χ0) is 17.8. The Morgan fingerprint density at radius 1 is 0.680 bits per heavy atom. The Labute approximate surface area is 151 Å². The molecule has 0 amide bonds. The van der Waals surface area contributed by atoms with Gasteiger partial charge in [0.1, 0.15) is 0 Å². The van der Waals surface area contributed by atoms with Gasteiger partial charge in [0.2, 0.25) is 0 Å². The highest BCUT2D eigenvalue weighted by atomic mass is 31.2. The molecule has 0 unspecified atom stereocenters. The molecule has 0 spiro atoms. The molecule has 3 rings (SSSR count). The molecule has 0 bridgehead atoms. The largest absolute Gasteiger partial charge is 0.850 e. The molecule has 25 heavy (non-hydrogen) atoms. The van der Waals surface area contributed by atoms with Gasteiger partial charge in [0.25, 0.3) is 0 Å². The summed E-state index contributed by atoms with van der Waals surface area (Å²) in [6.45, 7) is 1.55. The van der Waals surface area contributed by atoms with Gasteiger partial charge in [-0.05, 0) is 29.2 Å². The van der Waals surface area contributed by atoms with Crippen LogP contribution in [0.15, 0.2) is 91.0 Å². The first-order valence-electron chi connectivity index (χ1n) is 8.63. The molecule has 0 saturated heterocycles. The molecule has 0 aromatic heterocycles. The van der Waals surface area contributed by atoms with Crippen LogP contribution in [0.5, 0.6) is 0 Å². The molecule has 128 valence electrons. The third kappa shape index (κ3) is 3.95. The molecular formula is C23H24OP-. The minimum Gasteiger partial charge on any atom is -0.850 e. The van der Waals surface area contributed by atoms with Crippen LogP contribution in [0.4, 0.5) is 0 Å². The van der Waals surface area contributed by atoms with Crippen molar-refractivity contribution < 1.29 is 5.11 Å². The maximum Gasteiger partial charge on any atom is -0.0163 e. The highest BCUT2D eigenvalue weighted by Crippen LogP contribution is 2.44. The lowest BCUT2D eigenvalue weighted by atomic mass is 10.1. The van der Waals surface area contributed by atoms with E-state index in [1.165, 1.54) is 15.9 Å². The van der Waals surface area contributed by atoms with Gasteiger partial charge in [-0.25, -0.2) is 0 Å². The van der Waals surface area contributed by atoms with E-state index in [1.807, 2.05) is 18.2 Å². The summed E-state index contributed by atoms with van der Waals surface area (Å²) in [7, 11) is 0. The van der Waals surface area contributed by atoms with E-state index in [-0.39, 0.29) is 0 Å². The van der Waals surface area contributed by atoms with Crippen molar-refractivity contribution in [3.8, 4) is 0 Å². The lowest BCUT2D eigenvalue weighted by molar-refractivity contribution is -0.462.